The highest BCUT2D eigenvalue weighted by Gasteiger charge is 2.32. The van der Waals surface area contributed by atoms with Crippen molar-refractivity contribution in [3.63, 3.8) is 0 Å². The molecule has 0 radical (unpaired) electrons. The molecular weight excluding hydrogens is 436 g/mol. The molecule has 2 unspecified atom stereocenters. The zero-order chi connectivity index (χ0) is 25.3. The van der Waals surface area contributed by atoms with Crippen LogP contribution in [0.1, 0.15) is 87.7 Å². The van der Waals surface area contributed by atoms with Gasteiger partial charge in [0.25, 0.3) is 0 Å². The molecule has 1 aliphatic rings. The van der Waals surface area contributed by atoms with Crippen molar-refractivity contribution in [2.75, 3.05) is 6.61 Å². The molecule has 0 bridgehead atoms. The summed E-state index contributed by atoms with van der Waals surface area (Å²) in [5.74, 6) is -1.20. The first-order valence-corrected chi connectivity index (χ1v) is 12.2. The molecule has 0 saturated carbocycles. The summed E-state index contributed by atoms with van der Waals surface area (Å²) >= 11 is 0. The number of aliphatic hydroxyl groups is 2. The Hall–Kier alpha value is -2.35. The van der Waals surface area contributed by atoms with Crippen LogP contribution in [-0.4, -0.2) is 51.5 Å². The van der Waals surface area contributed by atoms with E-state index in [1.165, 1.54) is 5.57 Å². The maximum atomic E-state index is 12.0. The number of aliphatic hydroxyl groups excluding tert-OH is 2. The fraction of sp³-hybridized carbons (Fsp3) is 0.593. The number of unbranched alkanes of at least 4 members (excludes halogenated alkanes) is 2. The summed E-state index contributed by atoms with van der Waals surface area (Å²) in [7, 11) is 0. The molecular formula is C27H40O7. The number of carboxylic acid groups (broad SMARTS) is 1. The van der Waals surface area contributed by atoms with Gasteiger partial charge < -0.3 is 29.9 Å². The second kappa shape index (κ2) is 13.5. The zero-order valence-electron chi connectivity index (χ0n) is 20.8. The van der Waals surface area contributed by atoms with Gasteiger partial charge in [0, 0.05) is 12.0 Å². The Bertz CT molecular complexity index is 883. The van der Waals surface area contributed by atoms with Crippen LogP contribution < -0.4 is 4.74 Å². The number of allylic oxidation sites excluding steroid dienone is 4. The summed E-state index contributed by atoms with van der Waals surface area (Å²) < 4.78 is 11.5. The smallest absolute Gasteiger partial charge is 0.339 e. The molecule has 190 valence electrons. The van der Waals surface area contributed by atoms with Crippen molar-refractivity contribution in [2.45, 2.75) is 97.6 Å². The highest BCUT2D eigenvalue weighted by molar-refractivity contribution is 5.93. The van der Waals surface area contributed by atoms with Crippen LogP contribution in [-0.2, 0) is 17.6 Å². The van der Waals surface area contributed by atoms with Crippen molar-refractivity contribution in [1.29, 1.82) is 0 Å². The second-order valence-corrected chi connectivity index (χ2v) is 9.35. The minimum absolute atomic E-state index is 0.0307. The molecule has 1 heterocycles. The molecule has 1 aromatic rings. The third kappa shape index (κ3) is 8.15. The summed E-state index contributed by atoms with van der Waals surface area (Å²) in [4.78, 5) is 12.0. The third-order valence-electron chi connectivity index (χ3n) is 5.98. The van der Waals surface area contributed by atoms with E-state index < -0.39 is 24.5 Å². The van der Waals surface area contributed by atoms with Gasteiger partial charge in [0.1, 0.15) is 23.2 Å². The Morgan fingerprint density at radius 3 is 2.56 bits per heavy atom. The number of benzene rings is 1. The van der Waals surface area contributed by atoms with Gasteiger partial charge in [0.2, 0.25) is 6.29 Å². The average Bonchev–Trinajstić information content (AvgIpc) is 2.74. The monoisotopic (exact) mass is 476 g/mol. The van der Waals surface area contributed by atoms with Crippen LogP contribution in [0.5, 0.6) is 11.5 Å². The number of carbonyl (C=O) groups is 1. The summed E-state index contributed by atoms with van der Waals surface area (Å²) in [5.41, 5.74) is 3.10. The normalized spacial score (nSPS) is 20.8. The maximum absolute atomic E-state index is 12.0. The van der Waals surface area contributed by atoms with Crippen LogP contribution in [0, 0.1) is 0 Å². The van der Waals surface area contributed by atoms with E-state index in [2.05, 4.69) is 26.8 Å². The number of phenols is 1. The first-order chi connectivity index (χ1) is 16.1. The number of rotatable bonds is 12. The number of aromatic carboxylic acids is 1. The number of aromatic hydroxyl groups is 1. The summed E-state index contributed by atoms with van der Waals surface area (Å²) in [6, 6.07) is 1.65. The number of ether oxygens (including phenoxy) is 2. The van der Waals surface area contributed by atoms with Gasteiger partial charge in [-0.05, 0) is 64.5 Å². The zero-order valence-corrected chi connectivity index (χ0v) is 20.8. The summed E-state index contributed by atoms with van der Waals surface area (Å²) in [6.07, 6.45) is 6.65. The predicted molar refractivity (Wildman–Crippen MR) is 131 cm³/mol. The van der Waals surface area contributed by atoms with Crippen molar-refractivity contribution in [1.82, 2.24) is 0 Å². The van der Waals surface area contributed by atoms with E-state index in [1.54, 1.807) is 6.07 Å². The first kappa shape index (κ1) is 27.9. The standard InChI is InChI=1S/C27H40O7/c1-5-6-7-11-19-14-23(34-27-22(29)15-20(28)16-33-27)21(25(30)24(19)26(31)32)13-12-18(4)10-8-9-17(2)3/h9,12,14,20,22,27-30H,5-8,10-11,13,15-16H2,1-4H3,(H,31,32)/b18-12+/t20?,22-,27?/m1/s1. The molecule has 1 aromatic carbocycles. The highest BCUT2D eigenvalue weighted by Crippen LogP contribution is 2.37. The van der Waals surface area contributed by atoms with Gasteiger partial charge in [-0.15, -0.1) is 0 Å². The fourth-order valence-corrected chi connectivity index (χ4v) is 4.02. The fourth-order valence-electron chi connectivity index (χ4n) is 4.02. The molecule has 1 fully saturated rings. The summed E-state index contributed by atoms with van der Waals surface area (Å²) in [5, 5.41) is 40.9. The van der Waals surface area contributed by atoms with Crippen LogP contribution in [0.3, 0.4) is 0 Å². The van der Waals surface area contributed by atoms with Gasteiger partial charge in [-0.3, -0.25) is 0 Å². The van der Waals surface area contributed by atoms with Crippen molar-refractivity contribution in [3.05, 3.63) is 46.1 Å². The lowest BCUT2D eigenvalue weighted by Crippen LogP contribution is -2.44. The molecule has 3 atom stereocenters. The second-order valence-electron chi connectivity index (χ2n) is 9.35. The highest BCUT2D eigenvalue weighted by atomic mass is 16.7. The van der Waals surface area contributed by atoms with Gasteiger partial charge in [-0.2, -0.15) is 0 Å². The Morgan fingerprint density at radius 2 is 1.94 bits per heavy atom. The topological polar surface area (TPSA) is 116 Å². The van der Waals surface area contributed by atoms with Crippen LogP contribution in [0.25, 0.3) is 0 Å². The van der Waals surface area contributed by atoms with E-state index in [0.29, 0.717) is 23.3 Å². The maximum Gasteiger partial charge on any atom is 0.339 e. The van der Waals surface area contributed by atoms with E-state index in [1.807, 2.05) is 13.0 Å². The lowest BCUT2D eigenvalue weighted by atomic mass is 9.94. The molecule has 0 amide bonds. The SMILES string of the molecule is CCCCCc1cc(OC2OCC(O)C[C@H]2O)c(C/C=C(\C)CCC=C(C)C)c(O)c1C(=O)O. The molecule has 4 N–H and O–H groups in total. The predicted octanol–water partition coefficient (Wildman–Crippen LogP) is 4.91. The van der Waals surface area contributed by atoms with E-state index in [9.17, 15) is 25.2 Å². The van der Waals surface area contributed by atoms with Gasteiger partial charge in [-0.1, -0.05) is 43.1 Å². The van der Waals surface area contributed by atoms with Crippen molar-refractivity contribution < 1.29 is 34.7 Å². The Kier molecular flexibility index (Phi) is 11.1. The van der Waals surface area contributed by atoms with Crippen molar-refractivity contribution in [2.24, 2.45) is 0 Å². The number of hydrogen-bond donors (Lipinski definition) is 4. The van der Waals surface area contributed by atoms with Crippen LogP contribution in [0.4, 0.5) is 0 Å². The molecule has 2 rings (SSSR count). The van der Waals surface area contributed by atoms with Crippen LogP contribution in [0.15, 0.2) is 29.4 Å². The minimum Gasteiger partial charge on any atom is -0.507 e. The minimum atomic E-state index is -1.18. The Morgan fingerprint density at radius 1 is 1.21 bits per heavy atom. The van der Waals surface area contributed by atoms with E-state index in [4.69, 9.17) is 9.47 Å². The molecule has 1 saturated heterocycles. The molecule has 7 nitrogen and oxygen atoms in total. The van der Waals surface area contributed by atoms with Gasteiger partial charge >= 0.3 is 5.97 Å². The largest absolute Gasteiger partial charge is 0.507 e. The molecule has 7 heteroatoms. The van der Waals surface area contributed by atoms with Crippen LogP contribution in [0.2, 0.25) is 0 Å². The van der Waals surface area contributed by atoms with Gasteiger partial charge in [-0.25, -0.2) is 4.79 Å². The van der Waals surface area contributed by atoms with Crippen molar-refractivity contribution >= 4 is 5.97 Å². The van der Waals surface area contributed by atoms with Gasteiger partial charge in [0.05, 0.1) is 12.7 Å². The number of carboxylic acids is 1. The van der Waals surface area contributed by atoms with Crippen LogP contribution >= 0.6 is 0 Å². The lowest BCUT2D eigenvalue weighted by Gasteiger charge is -2.32. The van der Waals surface area contributed by atoms with E-state index in [-0.39, 0.29) is 30.8 Å². The first-order valence-electron chi connectivity index (χ1n) is 12.2. The molecule has 0 aliphatic carbocycles. The molecule has 1 aliphatic heterocycles. The lowest BCUT2D eigenvalue weighted by molar-refractivity contribution is -0.199. The third-order valence-corrected chi connectivity index (χ3v) is 5.98. The molecule has 0 spiro atoms. The number of aryl methyl sites for hydroxylation is 1. The molecule has 0 aromatic heterocycles. The van der Waals surface area contributed by atoms with Gasteiger partial charge in [0.15, 0.2) is 0 Å². The summed E-state index contributed by atoms with van der Waals surface area (Å²) in [6.45, 7) is 8.20. The average molecular weight is 477 g/mol. The quantitative estimate of drug-likeness (QED) is 0.250. The van der Waals surface area contributed by atoms with Crippen molar-refractivity contribution in [3.8, 4) is 11.5 Å². The Labute approximate surface area is 202 Å². The Balaban J connectivity index is 2.41. The molecule has 34 heavy (non-hydrogen) atoms. The van der Waals surface area contributed by atoms with E-state index in [0.717, 1.165) is 37.7 Å². The number of hydrogen-bond acceptors (Lipinski definition) is 6. The van der Waals surface area contributed by atoms with E-state index >= 15 is 0 Å².